The molecule has 2 aromatic carbocycles. The quantitative estimate of drug-likeness (QED) is 0.381. The molecule has 2 rings (SSSR count). The fraction of sp³-hybridized carbons (Fsp3) is 0.125. The van der Waals surface area contributed by atoms with Crippen LogP contribution in [0.15, 0.2) is 36.4 Å². The van der Waals surface area contributed by atoms with Crippen molar-refractivity contribution in [2.45, 2.75) is 6.54 Å². The van der Waals surface area contributed by atoms with E-state index in [0.29, 0.717) is 20.6 Å². The Morgan fingerprint density at radius 1 is 1.19 bits per heavy atom. The number of halogens is 3. The second-order valence-electron chi connectivity index (χ2n) is 5.10. The van der Waals surface area contributed by atoms with Crippen LogP contribution in [-0.4, -0.2) is 22.6 Å². The number of amides is 1. The topological polar surface area (TPSA) is 93.5 Å². The Labute approximate surface area is 174 Å². The van der Waals surface area contributed by atoms with Crippen molar-refractivity contribution in [3.63, 3.8) is 0 Å². The van der Waals surface area contributed by atoms with Crippen LogP contribution in [0.5, 0.6) is 0 Å². The number of nitrogens with one attached hydrogen (secondary N) is 2. The average molecular weight is 449 g/mol. The fourth-order valence-electron chi connectivity index (χ4n) is 2.01. The van der Waals surface area contributed by atoms with Crippen LogP contribution >= 0.6 is 47.0 Å². The third-order valence-electron chi connectivity index (χ3n) is 3.22. The molecule has 1 amide bonds. The van der Waals surface area contributed by atoms with E-state index < -0.39 is 17.4 Å². The highest BCUT2D eigenvalue weighted by molar-refractivity contribution is 7.80. The maximum absolute atomic E-state index is 11.9. The lowest BCUT2D eigenvalue weighted by Crippen LogP contribution is -2.28. The van der Waals surface area contributed by atoms with Gasteiger partial charge in [0.1, 0.15) is 5.69 Å². The van der Waals surface area contributed by atoms with Crippen LogP contribution in [0.3, 0.4) is 0 Å². The van der Waals surface area contributed by atoms with Crippen molar-refractivity contribution in [2.24, 2.45) is 0 Å². The Balaban J connectivity index is 1.86. The molecule has 0 fully saturated rings. The maximum atomic E-state index is 11.9. The van der Waals surface area contributed by atoms with E-state index in [-0.39, 0.29) is 23.1 Å². The number of carbonyl (C=O) groups is 1. The SMILES string of the molecule is O=C(COC(=S)NCc1c(Cl)cc(Cl)cc1Cl)Nc1ccccc1[N+](=O)[O-]. The van der Waals surface area contributed by atoms with E-state index >= 15 is 0 Å². The number of hydrogen-bond donors (Lipinski definition) is 2. The van der Waals surface area contributed by atoms with Crippen LogP contribution in [0, 0.1) is 10.1 Å². The van der Waals surface area contributed by atoms with Crippen LogP contribution < -0.4 is 10.6 Å². The molecule has 0 saturated heterocycles. The Morgan fingerprint density at radius 2 is 1.81 bits per heavy atom. The van der Waals surface area contributed by atoms with Gasteiger partial charge in [0, 0.05) is 33.2 Å². The molecule has 27 heavy (non-hydrogen) atoms. The van der Waals surface area contributed by atoms with Gasteiger partial charge in [-0.15, -0.1) is 0 Å². The highest BCUT2D eigenvalue weighted by Gasteiger charge is 2.15. The van der Waals surface area contributed by atoms with E-state index in [9.17, 15) is 14.9 Å². The summed E-state index contributed by atoms with van der Waals surface area (Å²) in [6.07, 6.45) is 0. The Kier molecular flexibility index (Phi) is 7.61. The zero-order chi connectivity index (χ0) is 20.0. The Hall–Kier alpha value is -2.13. The minimum absolute atomic E-state index is 0.0604. The first kappa shape index (κ1) is 21.2. The Morgan fingerprint density at radius 3 is 2.44 bits per heavy atom. The molecule has 0 radical (unpaired) electrons. The smallest absolute Gasteiger partial charge is 0.292 e. The van der Waals surface area contributed by atoms with Gasteiger partial charge in [-0.1, -0.05) is 46.9 Å². The minimum atomic E-state index is -0.601. The van der Waals surface area contributed by atoms with Crippen molar-refractivity contribution in [1.29, 1.82) is 0 Å². The van der Waals surface area contributed by atoms with Crippen LogP contribution in [0.25, 0.3) is 0 Å². The molecule has 0 unspecified atom stereocenters. The fourth-order valence-corrected chi connectivity index (χ4v) is 3.09. The molecule has 0 aromatic heterocycles. The molecule has 7 nitrogen and oxygen atoms in total. The molecule has 0 spiro atoms. The van der Waals surface area contributed by atoms with Gasteiger partial charge < -0.3 is 15.4 Å². The molecule has 0 saturated carbocycles. The predicted molar refractivity (Wildman–Crippen MR) is 109 cm³/mol. The van der Waals surface area contributed by atoms with Crippen molar-refractivity contribution in [3.8, 4) is 0 Å². The van der Waals surface area contributed by atoms with Crippen LogP contribution in [0.2, 0.25) is 15.1 Å². The van der Waals surface area contributed by atoms with Crippen LogP contribution in [-0.2, 0) is 16.1 Å². The molecule has 0 aliphatic rings. The number of nitro benzene ring substituents is 1. The second kappa shape index (κ2) is 9.70. The summed E-state index contributed by atoms with van der Waals surface area (Å²) >= 11 is 23.0. The number of benzene rings is 2. The molecule has 11 heteroatoms. The third kappa shape index (κ3) is 6.21. The van der Waals surface area contributed by atoms with Gasteiger partial charge in [-0.3, -0.25) is 14.9 Å². The largest absolute Gasteiger partial charge is 0.461 e. The van der Waals surface area contributed by atoms with Crippen molar-refractivity contribution in [3.05, 3.63) is 67.1 Å². The molecular formula is C16H12Cl3N3O4S. The standard InChI is InChI=1S/C16H12Cl3N3O4S/c17-9-5-11(18)10(12(19)6-9)7-20-16(27)26-8-15(23)21-13-3-1-2-4-14(13)22(24)25/h1-6H,7-8H2,(H,20,27)(H,21,23). The van der Waals surface area contributed by atoms with E-state index in [1.165, 1.54) is 30.3 Å². The van der Waals surface area contributed by atoms with E-state index in [0.717, 1.165) is 0 Å². The number of ether oxygens (including phenoxy) is 1. The molecule has 142 valence electrons. The maximum Gasteiger partial charge on any atom is 0.292 e. The minimum Gasteiger partial charge on any atom is -0.461 e. The summed E-state index contributed by atoms with van der Waals surface area (Å²) in [7, 11) is 0. The number of hydrogen-bond acceptors (Lipinski definition) is 5. The highest BCUT2D eigenvalue weighted by atomic mass is 35.5. The monoisotopic (exact) mass is 447 g/mol. The van der Waals surface area contributed by atoms with Gasteiger partial charge in [-0.25, -0.2) is 0 Å². The lowest BCUT2D eigenvalue weighted by molar-refractivity contribution is -0.383. The predicted octanol–water partition coefficient (Wildman–Crippen LogP) is 4.58. The summed E-state index contributed by atoms with van der Waals surface area (Å²) < 4.78 is 5.13. The summed E-state index contributed by atoms with van der Waals surface area (Å²) in [5.41, 5.74) is 0.409. The lowest BCUT2D eigenvalue weighted by Gasteiger charge is -2.12. The zero-order valence-corrected chi connectivity index (χ0v) is 16.6. The van der Waals surface area contributed by atoms with Gasteiger partial charge in [-0.2, -0.15) is 0 Å². The first-order valence-corrected chi connectivity index (χ1v) is 8.89. The number of para-hydroxylation sites is 2. The van der Waals surface area contributed by atoms with Gasteiger partial charge in [-0.05, 0) is 30.4 Å². The van der Waals surface area contributed by atoms with Gasteiger partial charge >= 0.3 is 0 Å². The first-order chi connectivity index (χ1) is 12.8. The van der Waals surface area contributed by atoms with Crippen molar-refractivity contribution >= 4 is 69.5 Å². The summed E-state index contributed by atoms with van der Waals surface area (Å²) in [5, 5.41) is 17.1. The van der Waals surface area contributed by atoms with Crippen molar-refractivity contribution in [2.75, 3.05) is 11.9 Å². The number of anilines is 1. The van der Waals surface area contributed by atoms with Gasteiger partial charge in [0.25, 0.3) is 16.8 Å². The number of nitrogens with zero attached hydrogens (tertiary/aromatic N) is 1. The molecule has 0 heterocycles. The zero-order valence-electron chi connectivity index (χ0n) is 13.5. The summed E-state index contributed by atoms with van der Waals surface area (Å²) in [5.74, 6) is -0.601. The normalized spacial score (nSPS) is 10.2. The highest BCUT2D eigenvalue weighted by Crippen LogP contribution is 2.28. The number of thiocarbonyl (C=S) groups is 1. The Bertz CT molecular complexity index is 872. The van der Waals surface area contributed by atoms with Crippen LogP contribution in [0.4, 0.5) is 11.4 Å². The van der Waals surface area contributed by atoms with E-state index in [1.807, 2.05) is 0 Å². The van der Waals surface area contributed by atoms with E-state index in [1.54, 1.807) is 6.07 Å². The van der Waals surface area contributed by atoms with Gasteiger partial charge in [0.2, 0.25) is 0 Å². The van der Waals surface area contributed by atoms with Crippen molar-refractivity contribution in [1.82, 2.24) is 5.32 Å². The third-order valence-corrected chi connectivity index (χ3v) is 4.38. The van der Waals surface area contributed by atoms with E-state index in [2.05, 4.69) is 10.6 Å². The van der Waals surface area contributed by atoms with Crippen molar-refractivity contribution < 1.29 is 14.5 Å². The number of carbonyl (C=O) groups excluding carboxylic acids is 1. The molecule has 2 N–H and O–H groups in total. The first-order valence-electron chi connectivity index (χ1n) is 7.35. The number of nitro groups is 1. The molecule has 0 aliphatic carbocycles. The molecule has 0 bridgehead atoms. The van der Waals surface area contributed by atoms with E-state index in [4.69, 9.17) is 51.8 Å². The molecule has 0 atom stereocenters. The molecule has 2 aromatic rings. The average Bonchev–Trinajstić information content (AvgIpc) is 2.59. The number of rotatable bonds is 6. The summed E-state index contributed by atoms with van der Waals surface area (Å²) in [4.78, 5) is 22.2. The second-order valence-corrected chi connectivity index (χ2v) is 6.72. The lowest BCUT2D eigenvalue weighted by atomic mass is 10.2. The van der Waals surface area contributed by atoms with Gasteiger partial charge in [0.15, 0.2) is 6.61 Å². The van der Waals surface area contributed by atoms with Gasteiger partial charge in [0.05, 0.1) is 4.92 Å². The summed E-state index contributed by atoms with van der Waals surface area (Å²) in [6.45, 7) is -0.264. The molecule has 0 aliphatic heterocycles. The summed E-state index contributed by atoms with van der Waals surface area (Å²) in [6, 6.07) is 8.83. The van der Waals surface area contributed by atoms with Crippen LogP contribution in [0.1, 0.15) is 5.56 Å². The molecular weight excluding hydrogens is 437 g/mol.